The summed E-state index contributed by atoms with van der Waals surface area (Å²) in [6.07, 6.45) is -1.27. The van der Waals surface area contributed by atoms with Crippen molar-refractivity contribution in [2.24, 2.45) is 0 Å². The van der Waals surface area contributed by atoms with E-state index in [0.717, 1.165) is 30.9 Å². The van der Waals surface area contributed by atoms with E-state index in [9.17, 15) is 28.1 Å². The van der Waals surface area contributed by atoms with E-state index in [1.165, 1.54) is 11.6 Å². The molecule has 1 N–H and O–H groups in total. The number of benzene rings is 2. The fourth-order valence-electron chi connectivity index (χ4n) is 4.78. The summed E-state index contributed by atoms with van der Waals surface area (Å²) in [5.41, 5.74) is 0.320. The molecule has 1 aliphatic heterocycles. The number of nitro groups is 1. The molecule has 1 aliphatic carbocycles. The molecule has 1 amide bonds. The average Bonchev–Trinajstić information content (AvgIpc) is 3.33. The predicted molar refractivity (Wildman–Crippen MR) is 143 cm³/mol. The smallest absolute Gasteiger partial charge is 0.379 e. The molecule has 1 fully saturated rings. The van der Waals surface area contributed by atoms with Crippen molar-refractivity contribution in [3.8, 4) is 0 Å². The van der Waals surface area contributed by atoms with E-state index in [0.29, 0.717) is 19.5 Å². The Morgan fingerprint density at radius 2 is 1.72 bits per heavy atom. The maximum Gasteiger partial charge on any atom is 0.423 e. The lowest BCUT2D eigenvalue weighted by Crippen LogP contribution is -2.50. The van der Waals surface area contributed by atoms with E-state index in [2.05, 4.69) is 55.3 Å². The van der Waals surface area contributed by atoms with Gasteiger partial charge < -0.3 is 19.9 Å². The molecule has 0 aromatic heterocycles. The summed E-state index contributed by atoms with van der Waals surface area (Å²) in [5, 5.41) is 13.9. The minimum absolute atomic E-state index is 0.0856. The minimum Gasteiger partial charge on any atom is -0.379 e. The Balaban J connectivity index is 1.23. The van der Waals surface area contributed by atoms with Gasteiger partial charge in [0.05, 0.1) is 11.0 Å². The van der Waals surface area contributed by atoms with Crippen LogP contribution in [0.25, 0.3) is 0 Å². The zero-order valence-corrected chi connectivity index (χ0v) is 22.2. The van der Waals surface area contributed by atoms with Crippen LogP contribution in [0.2, 0.25) is 0 Å². The highest BCUT2D eigenvalue weighted by atomic mass is 19.4. The van der Waals surface area contributed by atoms with Gasteiger partial charge in [0.15, 0.2) is 0 Å². The number of alkyl halides is 3. The van der Waals surface area contributed by atoms with Gasteiger partial charge in [0, 0.05) is 56.1 Å². The second-order valence-electron chi connectivity index (χ2n) is 10.9. The molecule has 210 valence electrons. The standard InChI is InChI=1S/C28H33F3N4O4/c1-27(2,3)19-4-8-22(9-5-19)33-12-14-34(15-13-33)26(36)18-39-23-10-6-20(16-23)32-21-7-11-25(35(37)38)24(17-21)28(29,30)31/h4-11,17,20,23,32H,12-16,18H2,1-3H3/t20-,23-/m1/s1. The number of carbonyl (C=O) groups is 1. The lowest BCUT2D eigenvalue weighted by Gasteiger charge is -2.36. The summed E-state index contributed by atoms with van der Waals surface area (Å²) in [5.74, 6) is -0.104. The van der Waals surface area contributed by atoms with E-state index in [1.54, 1.807) is 17.1 Å². The van der Waals surface area contributed by atoms with E-state index in [1.807, 2.05) is 0 Å². The molecule has 0 saturated carbocycles. The summed E-state index contributed by atoms with van der Waals surface area (Å²) in [6.45, 7) is 9.09. The Hall–Kier alpha value is -3.60. The number of hydrogen-bond acceptors (Lipinski definition) is 6. The highest BCUT2D eigenvalue weighted by Crippen LogP contribution is 2.38. The quantitative estimate of drug-likeness (QED) is 0.285. The molecule has 11 heteroatoms. The summed E-state index contributed by atoms with van der Waals surface area (Å²) < 4.78 is 45.5. The van der Waals surface area contributed by atoms with Gasteiger partial charge in [-0.2, -0.15) is 13.2 Å². The van der Waals surface area contributed by atoms with Gasteiger partial charge in [0.1, 0.15) is 12.2 Å². The van der Waals surface area contributed by atoms with Crippen molar-refractivity contribution < 1.29 is 27.6 Å². The summed E-state index contributed by atoms with van der Waals surface area (Å²) >= 11 is 0. The van der Waals surface area contributed by atoms with Gasteiger partial charge in [-0.3, -0.25) is 14.9 Å². The molecule has 4 rings (SSSR count). The summed E-state index contributed by atoms with van der Waals surface area (Å²) in [7, 11) is 0. The first-order valence-corrected chi connectivity index (χ1v) is 12.9. The molecule has 0 bridgehead atoms. The van der Waals surface area contributed by atoms with E-state index >= 15 is 0 Å². The Morgan fingerprint density at radius 3 is 2.31 bits per heavy atom. The average molecular weight is 547 g/mol. The molecular weight excluding hydrogens is 513 g/mol. The molecule has 0 spiro atoms. The molecule has 39 heavy (non-hydrogen) atoms. The van der Waals surface area contributed by atoms with E-state index in [-0.39, 0.29) is 35.8 Å². The number of nitrogens with zero attached hydrogens (tertiary/aromatic N) is 3. The molecule has 8 nitrogen and oxygen atoms in total. The number of carbonyl (C=O) groups excluding carboxylic acids is 1. The van der Waals surface area contributed by atoms with Crippen LogP contribution in [0.5, 0.6) is 0 Å². The maximum atomic E-state index is 13.3. The van der Waals surface area contributed by atoms with Crippen molar-refractivity contribution >= 4 is 23.0 Å². The number of halogens is 3. The zero-order chi connectivity index (χ0) is 28.4. The summed E-state index contributed by atoms with van der Waals surface area (Å²) in [4.78, 5) is 26.7. The second kappa shape index (κ2) is 11.3. The SMILES string of the molecule is CC(C)(C)c1ccc(N2CCN(C(=O)CO[C@@H]3C=C[C@@H](Nc4ccc([N+](=O)[O-])c(C(F)(F)F)c4)C3)CC2)cc1. The normalized spacial score (nSPS) is 19.8. The molecule has 2 aromatic rings. The lowest BCUT2D eigenvalue weighted by atomic mass is 9.87. The summed E-state index contributed by atoms with van der Waals surface area (Å²) in [6, 6.07) is 11.0. The first kappa shape index (κ1) is 28.4. The van der Waals surface area contributed by atoms with Crippen molar-refractivity contribution in [3.05, 3.63) is 75.9 Å². The van der Waals surface area contributed by atoms with Crippen LogP contribution in [-0.2, 0) is 21.1 Å². The van der Waals surface area contributed by atoms with Crippen LogP contribution >= 0.6 is 0 Å². The molecule has 1 heterocycles. The molecule has 2 aromatic carbocycles. The largest absolute Gasteiger partial charge is 0.423 e. The van der Waals surface area contributed by atoms with Gasteiger partial charge in [-0.1, -0.05) is 45.1 Å². The van der Waals surface area contributed by atoms with Crippen molar-refractivity contribution in [1.29, 1.82) is 0 Å². The number of anilines is 2. The molecule has 1 saturated heterocycles. The third kappa shape index (κ3) is 7.08. The van der Waals surface area contributed by atoms with Crippen LogP contribution in [-0.4, -0.2) is 60.7 Å². The first-order chi connectivity index (χ1) is 18.3. The third-order valence-electron chi connectivity index (χ3n) is 7.05. The topological polar surface area (TPSA) is 88.0 Å². The van der Waals surface area contributed by atoms with Gasteiger partial charge in [-0.05, 0) is 35.2 Å². The monoisotopic (exact) mass is 546 g/mol. The van der Waals surface area contributed by atoms with Crippen molar-refractivity contribution in [1.82, 2.24) is 4.90 Å². The number of rotatable bonds is 7. The third-order valence-corrected chi connectivity index (χ3v) is 7.05. The van der Waals surface area contributed by atoms with Crippen LogP contribution < -0.4 is 10.2 Å². The maximum absolute atomic E-state index is 13.3. The van der Waals surface area contributed by atoms with Crippen LogP contribution in [0, 0.1) is 10.1 Å². The van der Waals surface area contributed by atoms with Crippen LogP contribution in [0.3, 0.4) is 0 Å². The number of amides is 1. The molecule has 0 unspecified atom stereocenters. The molecule has 0 radical (unpaired) electrons. The first-order valence-electron chi connectivity index (χ1n) is 12.9. The van der Waals surface area contributed by atoms with Crippen LogP contribution in [0.4, 0.5) is 30.2 Å². The van der Waals surface area contributed by atoms with Gasteiger partial charge in [-0.25, -0.2) is 0 Å². The fraction of sp³-hybridized carbons (Fsp3) is 0.464. The van der Waals surface area contributed by atoms with Crippen molar-refractivity contribution in [3.63, 3.8) is 0 Å². The van der Waals surface area contributed by atoms with Gasteiger partial charge in [0.25, 0.3) is 5.69 Å². The van der Waals surface area contributed by atoms with Gasteiger partial charge in [0.2, 0.25) is 5.91 Å². The van der Waals surface area contributed by atoms with Gasteiger partial charge in [-0.15, -0.1) is 0 Å². The predicted octanol–water partition coefficient (Wildman–Crippen LogP) is 5.39. The van der Waals surface area contributed by atoms with Gasteiger partial charge >= 0.3 is 6.18 Å². The molecule has 2 atom stereocenters. The van der Waals surface area contributed by atoms with Crippen molar-refractivity contribution in [2.75, 3.05) is 43.0 Å². The number of ether oxygens (including phenoxy) is 1. The lowest BCUT2D eigenvalue weighted by molar-refractivity contribution is -0.388. The molecular formula is C28H33F3N4O4. The number of nitro benzene ring substituents is 1. The number of piperazine rings is 1. The second-order valence-corrected chi connectivity index (χ2v) is 10.9. The highest BCUT2D eigenvalue weighted by Gasteiger charge is 2.38. The Kier molecular flexibility index (Phi) is 8.20. The van der Waals surface area contributed by atoms with Crippen molar-refractivity contribution in [2.45, 2.75) is 50.9 Å². The van der Waals surface area contributed by atoms with Crippen LogP contribution in [0.15, 0.2) is 54.6 Å². The van der Waals surface area contributed by atoms with Crippen LogP contribution in [0.1, 0.15) is 38.3 Å². The Labute approximate surface area is 225 Å². The molecule has 2 aliphatic rings. The zero-order valence-electron chi connectivity index (χ0n) is 22.2. The number of nitrogens with one attached hydrogen (secondary N) is 1. The number of hydrogen-bond donors (Lipinski definition) is 1. The Bertz CT molecular complexity index is 1220. The fourth-order valence-corrected chi connectivity index (χ4v) is 4.78. The van der Waals surface area contributed by atoms with E-state index in [4.69, 9.17) is 4.74 Å². The van der Waals surface area contributed by atoms with E-state index < -0.39 is 22.4 Å². The minimum atomic E-state index is -4.85. The Morgan fingerprint density at radius 1 is 1.05 bits per heavy atom. The highest BCUT2D eigenvalue weighted by molar-refractivity contribution is 5.77.